The van der Waals surface area contributed by atoms with Crippen molar-refractivity contribution in [3.8, 4) is 5.75 Å². The van der Waals surface area contributed by atoms with Crippen molar-refractivity contribution in [2.75, 3.05) is 5.32 Å². The van der Waals surface area contributed by atoms with Crippen molar-refractivity contribution in [2.45, 2.75) is 46.4 Å². The molecule has 0 aliphatic rings. The second-order valence-electron chi connectivity index (χ2n) is 7.45. The van der Waals surface area contributed by atoms with Gasteiger partial charge in [0.1, 0.15) is 10.8 Å². The highest BCUT2D eigenvalue weighted by Gasteiger charge is 2.31. The highest BCUT2D eigenvalue weighted by molar-refractivity contribution is 7.16. The van der Waals surface area contributed by atoms with E-state index in [1.165, 1.54) is 37.3 Å². The number of thiophene rings is 1. The number of anilines is 1. The lowest BCUT2D eigenvalue weighted by atomic mass is 9.88. The normalized spacial score (nSPS) is 11.8. The fraction of sp³-hybridized carbons (Fsp3) is 0.381. The smallest absolute Gasteiger partial charge is 0.481 e. The van der Waals surface area contributed by atoms with Gasteiger partial charge < -0.3 is 15.2 Å². The van der Waals surface area contributed by atoms with E-state index in [0.717, 1.165) is 17.0 Å². The number of ketones is 1. The van der Waals surface area contributed by atoms with Crippen LogP contribution < -0.4 is 10.1 Å². The maximum Gasteiger partial charge on any atom is 0.573 e. The molecule has 0 fully saturated rings. The molecule has 0 spiro atoms. The van der Waals surface area contributed by atoms with Gasteiger partial charge in [-0.15, -0.1) is 24.5 Å². The van der Waals surface area contributed by atoms with Gasteiger partial charge in [-0.25, -0.2) is 0 Å². The van der Waals surface area contributed by atoms with Crippen LogP contribution >= 0.6 is 11.3 Å². The second kappa shape index (κ2) is 9.51. The first kappa shape index (κ1) is 24.4. The molecular weight excluding hydrogens is 435 g/mol. The molecule has 2 rings (SSSR count). The van der Waals surface area contributed by atoms with Crippen molar-refractivity contribution in [3.05, 3.63) is 46.3 Å². The van der Waals surface area contributed by atoms with Crippen LogP contribution in [0.25, 0.3) is 0 Å². The summed E-state index contributed by atoms with van der Waals surface area (Å²) in [7, 11) is 0. The number of carbonyl (C=O) groups is 3. The van der Waals surface area contributed by atoms with E-state index in [4.69, 9.17) is 5.11 Å². The van der Waals surface area contributed by atoms with E-state index in [9.17, 15) is 27.6 Å². The third kappa shape index (κ3) is 6.81. The largest absolute Gasteiger partial charge is 0.573 e. The number of carboxylic acids is 1. The summed E-state index contributed by atoms with van der Waals surface area (Å²) in [5, 5.41) is 12.1. The van der Waals surface area contributed by atoms with Gasteiger partial charge in [0.2, 0.25) is 5.91 Å². The molecule has 0 saturated carbocycles. The Balaban J connectivity index is 2.18. The topological polar surface area (TPSA) is 92.7 Å². The van der Waals surface area contributed by atoms with Crippen LogP contribution in [0.3, 0.4) is 0 Å². The van der Waals surface area contributed by atoms with Crippen molar-refractivity contribution in [1.82, 2.24) is 0 Å². The molecule has 1 amide bonds. The molecule has 0 aliphatic carbocycles. The predicted molar refractivity (Wildman–Crippen MR) is 110 cm³/mol. The summed E-state index contributed by atoms with van der Waals surface area (Å²) >= 11 is 1.22. The van der Waals surface area contributed by atoms with Gasteiger partial charge in [-0.1, -0.05) is 6.92 Å². The highest BCUT2D eigenvalue weighted by Crippen LogP contribution is 2.32. The van der Waals surface area contributed by atoms with E-state index in [2.05, 4.69) is 10.1 Å². The van der Waals surface area contributed by atoms with Crippen LogP contribution in [0.2, 0.25) is 0 Å². The number of rotatable bonds is 9. The Labute approximate surface area is 181 Å². The minimum atomic E-state index is -4.83. The monoisotopic (exact) mass is 457 g/mol. The molecule has 6 nitrogen and oxygen atoms in total. The maximum atomic E-state index is 12.9. The first-order valence-electron chi connectivity index (χ1n) is 9.39. The van der Waals surface area contributed by atoms with Crippen LogP contribution in [0.1, 0.15) is 54.4 Å². The Kier molecular flexibility index (Phi) is 7.48. The van der Waals surface area contributed by atoms with Crippen LogP contribution in [-0.4, -0.2) is 29.1 Å². The van der Waals surface area contributed by atoms with Gasteiger partial charge in [0.15, 0.2) is 5.78 Å². The van der Waals surface area contributed by atoms with Gasteiger partial charge in [-0.3, -0.25) is 14.4 Å². The first-order valence-corrected chi connectivity index (χ1v) is 10.2. The number of halogens is 3. The zero-order chi connectivity index (χ0) is 23.4. The predicted octanol–water partition coefficient (Wildman–Crippen LogP) is 5.27. The zero-order valence-corrected chi connectivity index (χ0v) is 17.9. The number of aryl methyl sites for hydroxylation is 1. The van der Waals surface area contributed by atoms with Gasteiger partial charge in [-0.05, 0) is 57.0 Å². The number of ether oxygens (including phenoxy) is 1. The molecule has 2 aromatic rings. The maximum absolute atomic E-state index is 12.9. The molecule has 31 heavy (non-hydrogen) atoms. The van der Waals surface area contributed by atoms with E-state index >= 15 is 0 Å². The molecular formula is C21H22F3NO5S. The molecule has 0 unspecified atom stereocenters. The Morgan fingerprint density at radius 2 is 1.74 bits per heavy atom. The van der Waals surface area contributed by atoms with E-state index in [-0.39, 0.29) is 24.0 Å². The number of carboxylic acid groups (broad SMARTS) is 1. The van der Waals surface area contributed by atoms with Crippen molar-refractivity contribution in [1.29, 1.82) is 0 Å². The van der Waals surface area contributed by atoms with Crippen LogP contribution in [0.15, 0.2) is 30.3 Å². The lowest BCUT2D eigenvalue weighted by Crippen LogP contribution is -2.25. The van der Waals surface area contributed by atoms with Crippen molar-refractivity contribution in [2.24, 2.45) is 5.41 Å². The van der Waals surface area contributed by atoms with Gasteiger partial charge in [-0.2, -0.15) is 0 Å². The van der Waals surface area contributed by atoms with Crippen LogP contribution in [0, 0.1) is 5.41 Å². The average molecular weight is 457 g/mol. The van der Waals surface area contributed by atoms with E-state index in [0.29, 0.717) is 11.4 Å². The van der Waals surface area contributed by atoms with Crippen LogP contribution in [0.5, 0.6) is 5.75 Å². The minimum absolute atomic E-state index is 0.0459. The molecule has 1 aromatic heterocycles. The molecule has 0 saturated heterocycles. The number of carbonyl (C=O) groups excluding carboxylic acids is 2. The summed E-state index contributed by atoms with van der Waals surface area (Å²) in [6, 6.07) is 6.14. The lowest BCUT2D eigenvalue weighted by molar-refractivity contribution is -0.274. The Morgan fingerprint density at radius 1 is 1.13 bits per heavy atom. The van der Waals surface area contributed by atoms with Crippen LogP contribution in [0.4, 0.5) is 18.2 Å². The van der Waals surface area contributed by atoms with E-state index in [1.807, 2.05) is 6.92 Å². The molecule has 2 N–H and O–H groups in total. The van der Waals surface area contributed by atoms with Gasteiger partial charge in [0.05, 0.1) is 11.0 Å². The number of hydrogen-bond acceptors (Lipinski definition) is 5. The average Bonchev–Trinajstić information content (AvgIpc) is 3.08. The summed E-state index contributed by atoms with van der Waals surface area (Å²) in [6.45, 7) is 4.92. The van der Waals surface area contributed by atoms with Gasteiger partial charge in [0.25, 0.3) is 0 Å². The molecule has 10 heteroatoms. The number of benzene rings is 1. The number of hydrogen-bond donors (Lipinski definition) is 2. The second-order valence-corrected chi connectivity index (χ2v) is 8.58. The number of nitrogens with one attached hydrogen (secondary N) is 1. The Morgan fingerprint density at radius 3 is 2.26 bits per heavy atom. The number of amides is 1. The molecule has 0 bridgehead atoms. The lowest BCUT2D eigenvalue weighted by Gasteiger charge is -2.18. The van der Waals surface area contributed by atoms with E-state index < -0.39 is 35.2 Å². The summed E-state index contributed by atoms with van der Waals surface area (Å²) in [6.07, 6.45) is -4.15. The molecule has 0 radical (unpaired) electrons. The summed E-state index contributed by atoms with van der Waals surface area (Å²) in [4.78, 5) is 37.3. The molecule has 1 aromatic carbocycles. The molecule has 0 aliphatic heterocycles. The Hall–Kier alpha value is -2.88. The summed E-state index contributed by atoms with van der Waals surface area (Å²) in [5.41, 5.74) is -0.713. The fourth-order valence-electron chi connectivity index (χ4n) is 2.56. The SMILES string of the molecule is CCc1cc(C(=O)c2ccc(OC(F)(F)F)cc2)c(NC(=O)CCC(C)(C)C(=O)O)s1. The minimum Gasteiger partial charge on any atom is -0.481 e. The Bertz CT molecular complexity index is 964. The van der Waals surface area contributed by atoms with Crippen molar-refractivity contribution in [3.63, 3.8) is 0 Å². The van der Waals surface area contributed by atoms with Crippen LogP contribution in [-0.2, 0) is 16.0 Å². The highest BCUT2D eigenvalue weighted by atomic mass is 32.1. The third-order valence-electron chi connectivity index (χ3n) is 4.54. The van der Waals surface area contributed by atoms with E-state index in [1.54, 1.807) is 6.07 Å². The molecule has 1 heterocycles. The standard InChI is InChI=1S/C21H22F3NO5S/c1-4-14-11-15(17(27)12-5-7-13(8-6-12)30-21(22,23)24)18(31-14)25-16(26)9-10-20(2,3)19(28)29/h5-8,11H,4,9-10H2,1-3H3,(H,25,26)(H,28,29). The van der Waals surface area contributed by atoms with Crippen molar-refractivity contribution >= 4 is 34.0 Å². The van der Waals surface area contributed by atoms with Crippen molar-refractivity contribution < 1.29 is 37.4 Å². The molecule has 0 atom stereocenters. The number of alkyl halides is 3. The summed E-state index contributed by atoms with van der Waals surface area (Å²) < 4.78 is 40.7. The van der Waals surface area contributed by atoms with Gasteiger partial charge >= 0.3 is 12.3 Å². The van der Waals surface area contributed by atoms with Gasteiger partial charge in [0, 0.05) is 16.9 Å². The summed E-state index contributed by atoms with van der Waals surface area (Å²) in [5.74, 6) is -2.35. The third-order valence-corrected chi connectivity index (χ3v) is 5.73. The fourth-order valence-corrected chi connectivity index (χ4v) is 3.57. The quantitative estimate of drug-likeness (QED) is 0.501. The molecule has 168 valence electrons. The zero-order valence-electron chi connectivity index (χ0n) is 17.1. The number of aliphatic carboxylic acids is 1. The first-order chi connectivity index (χ1) is 14.3.